The molecule has 3 nitrogen and oxygen atoms in total. The molecule has 0 aromatic carbocycles. The molecule has 2 aromatic rings. The summed E-state index contributed by atoms with van der Waals surface area (Å²) in [5.41, 5.74) is 6.17. The number of nitrogens with zero attached hydrogens (tertiary/aromatic N) is 1. The Morgan fingerprint density at radius 2 is 1.62 bits per heavy atom. The molecule has 2 heterocycles. The number of oxazole rings is 1. The van der Waals surface area contributed by atoms with E-state index in [4.69, 9.17) is 9.40 Å². The summed E-state index contributed by atoms with van der Waals surface area (Å²) in [4.78, 5) is 8.00. The molecular formula is C37H56N2O. The minimum Gasteiger partial charge on any atom is -0.439 e. The van der Waals surface area contributed by atoms with Crippen LogP contribution in [0.5, 0.6) is 0 Å². The largest absolute Gasteiger partial charge is 0.439 e. The smallest absolute Gasteiger partial charge is 0.201 e. The number of aromatic amines is 1. The molecule has 0 atom stereocenters. The summed E-state index contributed by atoms with van der Waals surface area (Å²) in [6, 6.07) is 0. The highest BCUT2D eigenvalue weighted by Gasteiger charge is 2.29. The van der Waals surface area contributed by atoms with Gasteiger partial charge in [0.05, 0.1) is 0 Å². The zero-order chi connectivity index (χ0) is 31.1. The molecule has 0 bridgehead atoms. The minimum atomic E-state index is -0.115. The molecule has 0 unspecified atom stereocenters. The van der Waals surface area contributed by atoms with Gasteiger partial charge >= 0.3 is 0 Å². The van der Waals surface area contributed by atoms with Crippen LogP contribution < -0.4 is 0 Å². The van der Waals surface area contributed by atoms with Crippen LogP contribution in [0, 0.1) is 6.92 Å². The Hall–Kier alpha value is -3.59. The summed E-state index contributed by atoms with van der Waals surface area (Å²) in [5, 5.41) is 0. The Morgan fingerprint density at radius 3 is 2.08 bits per heavy atom. The predicted octanol–water partition coefficient (Wildman–Crippen LogP) is 12.1. The van der Waals surface area contributed by atoms with Crippen molar-refractivity contribution in [3.63, 3.8) is 0 Å². The maximum absolute atomic E-state index is 6.34. The van der Waals surface area contributed by atoms with E-state index < -0.39 is 0 Å². The maximum atomic E-state index is 6.34. The second kappa shape index (κ2) is 22.2. The fourth-order valence-electron chi connectivity index (χ4n) is 3.87. The van der Waals surface area contributed by atoms with Gasteiger partial charge in [-0.3, -0.25) is 0 Å². The number of aryl methyl sites for hydroxylation is 1. The van der Waals surface area contributed by atoms with E-state index in [-0.39, 0.29) is 5.41 Å². The van der Waals surface area contributed by atoms with Crippen LogP contribution in [0.15, 0.2) is 85.5 Å². The van der Waals surface area contributed by atoms with Crippen molar-refractivity contribution in [1.82, 2.24) is 9.97 Å². The number of hydrogen-bond donors (Lipinski definition) is 1. The van der Waals surface area contributed by atoms with Gasteiger partial charge in [0.15, 0.2) is 5.76 Å². The molecule has 0 aliphatic rings. The summed E-state index contributed by atoms with van der Waals surface area (Å²) in [5.74, 6) is 1.58. The standard InChI is InChI=1S/C24H33NO.C9H11N.2C2H6/c1-8-13-17-20(16-11-4)22-21(19(14-9-2)15-10-3)25-23(26-22)24(6,7)18-12-5;1-4-8-7(3)6-10-9(8)5-2;2*1-2/h8-10,13-17H,1-2,11-12,18H2,3-7H3;4-6,10H,1-2H2,3H3;2*1-2H3/b15-10-,17-13-,19-14+,20-16+;;;. The van der Waals surface area contributed by atoms with Crippen molar-refractivity contribution >= 4 is 23.3 Å². The van der Waals surface area contributed by atoms with Gasteiger partial charge in [-0.25, -0.2) is 4.98 Å². The molecule has 0 fully saturated rings. The van der Waals surface area contributed by atoms with Gasteiger partial charge in [-0.05, 0) is 38.3 Å². The summed E-state index contributed by atoms with van der Waals surface area (Å²) in [6.45, 7) is 35.7. The zero-order valence-electron chi connectivity index (χ0n) is 27.2. The lowest BCUT2D eigenvalue weighted by Gasteiger charge is -2.19. The highest BCUT2D eigenvalue weighted by molar-refractivity contribution is 5.83. The first-order valence-corrected chi connectivity index (χ1v) is 14.6. The maximum Gasteiger partial charge on any atom is 0.201 e. The molecule has 3 heteroatoms. The fraction of sp³-hybridized carbons (Fsp3) is 0.378. The van der Waals surface area contributed by atoms with Gasteiger partial charge in [0.25, 0.3) is 0 Å². The SMILES string of the molecule is C=C/C=C\C(=C/CC)c1oc(C(C)(C)CCC)nc1C(/C=C\C)=C/C=C.C=Cc1[nH]cc(C)c1C=C.CC.CC. The number of aromatic nitrogens is 2. The van der Waals surface area contributed by atoms with Gasteiger partial charge in [-0.15, -0.1) is 0 Å². The van der Waals surface area contributed by atoms with Gasteiger partial charge in [0.2, 0.25) is 5.89 Å². The van der Waals surface area contributed by atoms with Crippen LogP contribution in [-0.4, -0.2) is 9.97 Å². The highest BCUT2D eigenvalue weighted by Crippen LogP contribution is 2.35. The molecule has 0 aliphatic carbocycles. The average Bonchev–Trinajstić information content (AvgIpc) is 3.57. The number of hydrogen-bond acceptors (Lipinski definition) is 2. The van der Waals surface area contributed by atoms with Crippen molar-refractivity contribution in [1.29, 1.82) is 0 Å². The fourth-order valence-corrected chi connectivity index (χ4v) is 3.87. The van der Waals surface area contributed by atoms with Crippen LogP contribution in [0.2, 0.25) is 0 Å². The first-order valence-electron chi connectivity index (χ1n) is 14.6. The third-order valence-corrected chi connectivity index (χ3v) is 5.66. The summed E-state index contributed by atoms with van der Waals surface area (Å²) < 4.78 is 6.34. The lowest BCUT2D eigenvalue weighted by Crippen LogP contribution is -2.17. The van der Waals surface area contributed by atoms with Crippen molar-refractivity contribution in [3.8, 4) is 0 Å². The molecule has 0 amide bonds. The van der Waals surface area contributed by atoms with Gasteiger partial charge in [0, 0.05) is 34.0 Å². The molecular weight excluding hydrogens is 488 g/mol. The topological polar surface area (TPSA) is 41.8 Å². The molecule has 2 rings (SSSR count). The van der Waals surface area contributed by atoms with Crippen molar-refractivity contribution in [2.75, 3.05) is 0 Å². The van der Waals surface area contributed by atoms with Crippen LogP contribution in [0.1, 0.15) is 116 Å². The van der Waals surface area contributed by atoms with Crippen LogP contribution in [-0.2, 0) is 5.41 Å². The van der Waals surface area contributed by atoms with Gasteiger partial charge in [-0.2, -0.15) is 0 Å². The van der Waals surface area contributed by atoms with Crippen molar-refractivity contribution in [2.24, 2.45) is 0 Å². The molecule has 0 radical (unpaired) electrons. The van der Waals surface area contributed by atoms with Crippen molar-refractivity contribution in [3.05, 3.63) is 115 Å². The average molecular weight is 545 g/mol. The zero-order valence-corrected chi connectivity index (χ0v) is 27.2. The number of H-pyrrole nitrogens is 1. The Morgan fingerprint density at radius 1 is 0.975 bits per heavy atom. The van der Waals surface area contributed by atoms with Crippen LogP contribution >= 0.6 is 0 Å². The lowest BCUT2D eigenvalue weighted by molar-refractivity contribution is 0.344. The molecule has 0 saturated carbocycles. The van der Waals surface area contributed by atoms with Crippen LogP contribution in [0.25, 0.3) is 23.3 Å². The van der Waals surface area contributed by atoms with Crippen LogP contribution in [0.4, 0.5) is 0 Å². The van der Waals surface area contributed by atoms with E-state index in [1.807, 2.05) is 84.2 Å². The monoisotopic (exact) mass is 544 g/mol. The Labute approximate surface area is 246 Å². The van der Waals surface area contributed by atoms with E-state index in [9.17, 15) is 0 Å². The summed E-state index contributed by atoms with van der Waals surface area (Å²) >= 11 is 0. The third kappa shape index (κ3) is 12.1. The van der Waals surface area contributed by atoms with E-state index in [0.29, 0.717) is 0 Å². The molecule has 1 N–H and O–H groups in total. The second-order valence-corrected chi connectivity index (χ2v) is 9.06. The van der Waals surface area contributed by atoms with E-state index in [2.05, 4.69) is 65.1 Å². The van der Waals surface area contributed by atoms with E-state index in [1.165, 1.54) is 5.56 Å². The number of rotatable bonds is 12. The quantitative estimate of drug-likeness (QED) is 0.270. The first-order chi connectivity index (χ1) is 19.2. The Balaban J connectivity index is 0. The highest BCUT2D eigenvalue weighted by atomic mass is 16.4. The number of nitrogens with one attached hydrogen (secondary N) is 1. The molecule has 220 valence electrons. The predicted molar refractivity (Wildman–Crippen MR) is 183 cm³/mol. The molecule has 0 spiro atoms. The molecule has 2 aromatic heterocycles. The second-order valence-electron chi connectivity index (χ2n) is 9.06. The summed E-state index contributed by atoms with van der Waals surface area (Å²) in [7, 11) is 0. The summed E-state index contributed by atoms with van der Waals surface area (Å²) in [6.07, 6.45) is 24.3. The van der Waals surface area contributed by atoms with Gasteiger partial charge in [0.1, 0.15) is 5.69 Å². The van der Waals surface area contributed by atoms with E-state index in [0.717, 1.165) is 59.0 Å². The third-order valence-electron chi connectivity index (χ3n) is 5.66. The van der Waals surface area contributed by atoms with E-state index in [1.54, 1.807) is 18.2 Å². The van der Waals surface area contributed by atoms with Crippen molar-refractivity contribution in [2.45, 2.75) is 93.9 Å². The normalized spacial score (nSPS) is 11.6. The minimum absolute atomic E-state index is 0.115. The van der Waals surface area contributed by atoms with E-state index >= 15 is 0 Å². The Kier molecular flexibility index (Phi) is 21.4. The van der Waals surface area contributed by atoms with Crippen molar-refractivity contribution < 1.29 is 4.42 Å². The molecule has 0 aliphatic heterocycles. The Bertz CT molecular complexity index is 1140. The molecule has 0 saturated heterocycles. The lowest BCUT2D eigenvalue weighted by atomic mass is 9.88. The molecule has 40 heavy (non-hydrogen) atoms. The first kappa shape index (κ1) is 38.6. The number of allylic oxidation sites excluding steroid dienone is 10. The van der Waals surface area contributed by atoms with Gasteiger partial charge in [-0.1, -0.05) is 143 Å². The van der Waals surface area contributed by atoms with Gasteiger partial charge < -0.3 is 9.40 Å². The van der Waals surface area contributed by atoms with Crippen LogP contribution in [0.3, 0.4) is 0 Å².